The quantitative estimate of drug-likeness (QED) is 0.784. The lowest BCUT2D eigenvalue weighted by atomic mass is 9.70. The third-order valence-corrected chi connectivity index (χ3v) is 6.85. The number of hydrogen-bond donors (Lipinski definition) is 1. The van der Waals surface area contributed by atoms with Crippen LogP contribution >= 0.6 is 0 Å². The van der Waals surface area contributed by atoms with Crippen LogP contribution < -0.4 is 5.32 Å². The number of piperidine rings is 3. The highest BCUT2D eigenvalue weighted by atomic mass is 16.5. The maximum Gasteiger partial charge on any atom is 0.0594 e. The first-order valence-electron chi connectivity index (χ1n) is 10.2. The molecule has 4 fully saturated rings. The average molecular weight is 322 g/mol. The van der Waals surface area contributed by atoms with Crippen LogP contribution in [0, 0.1) is 11.8 Å². The van der Waals surface area contributed by atoms with Crippen molar-refractivity contribution in [3.05, 3.63) is 0 Å². The van der Waals surface area contributed by atoms with Gasteiger partial charge in [0, 0.05) is 25.2 Å². The number of ether oxygens (including phenoxy) is 1. The first kappa shape index (κ1) is 16.3. The second-order valence-corrected chi connectivity index (χ2v) is 8.20. The summed E-state index contributed by atoms with van der Waals surface area (Å²) in [6.45, 7) is 9.47. The fraction of sp³-hybridized carbons (Fsp3) is 1.00. The van der Waals surface area contributed by atoms with Crippen LogP contribution in [0.25, 0.3) is 0 Å². The van der Waals surface area contributed by atoms with Crippen molar-refractivity contribution in [1.29, 1.82) is 0 Å². The predicted molar refractivity (Wildman–Crippen MR) is 93.7 cm³/mol. The molecule has 4 heterocycles. The van der Waals surface area contributed by atoms with Gasteiger partial charge in [-0.15, -0.1) is 0 Å². The monoisotopic (exact) mass is 321 g/mol. The van der Waals surface area contributed by atoms with Gasteiger partial charge in [-0.1, -0.05) is 6.42 Å². The zero-order valence-corrected chi connectivity index (χ0v) is 14.7. The van der Waals surface area contributed by atoms with Gasteiger partial charge in [0.25, 0.3) is 0 Å². The molecule has 0 spiro atoms. The summed E-state index contributed by atoms with van der Waals surface area (Å²) in [5.41, 5.74) is 0. The van der Waals surface area contributed by atoms with Crippen molar-refractivity contribution in [3.8, 4) is 0 Å². The second-order valence-electron chi connectivity index (χ2n) is 8.20. The Kier molecular flexibility index (Phi) is 5.54. The van der Waals surface area contributed by atoms with Crippen LogP contribution in [0.3, 0.4) is 0 Å². The zero-order valence-electron chi connectivity index (χ0n) is 14.7. The normalized spacial score (nSPS) is 39.1. The Bertz CT molecular complexity index is 363. The van der Waals surface area contributed by atoms with Crippen molar-refractivity contribution >= 4 is 0 Å². The lowest BCUT2D eigenvalue weighted by molar-refractivity contribution is -0.0245. The van der Waals surface area contributed by atoms with Crippen LogP contribution in [0.15, 0.2) is 0 Å². The Balaban J connectivity index is 1.24. The minimum atomic E-state index is 0.793. The van der Waals surface area contributed by atoms with Gasteiger partial charge in [0.2, 0.25) is 0 Å². The molecule has 132 valence electrons. The first-order chi connectivity index (χ1) is 11.4. The van der Waals surface area contributed by atoms with Gasteiger partial charge in [-0.25, -0.2) is 0 Å². The Morgan fingerprint density at radius 3 is 2.65 bits per heavy atom. The van der Waals surface area contributed by atoms with E-state index in [9.17, 15) is 0 Å². The number of nitrogens with zero attached hydrogens (tertiary/aromatic N) is 2. The minimum Gasteiger partial charge on any atom is -0.379 e. The molecular weight excluding hydrogens is 286 g/mol. The lowest BCUT2D eigenvalue weighted by Gasteiger charge is -2.54. The molecule has 0 aromatic carbocycles. The summed E-state index contributed by atoms with van der Waals surface area (Å²) < 4.78 is 5.44. The summed E-state index contributed by atoms with van der Waals surface area (Å²) in [5.74, 6) is 1.88. The van der Waals surface area contributed by atoms with Crippen LogP contribution in [-0.4, -0.2) is 74.4 Å². The molecule has 0 unspecified atom stereocenters. The van der Waals surface area contributed by atoms with Crippen LogP contribution in [0.4, 0.5) is 0 Å². The molecule has 4 nitrogen and oxygen atoms in total. The van der Waals surface area contributed by atoms with E-state index < -0.39 is 0 Å². The van der Waals surface area contributed by atoms with Crippen molar-refractivity contribution in [2.45, 2.75) is 57.0 Å². The molecule has 0 aliphatic carbocycles. The highest BCUT2D eigenvalue weighted by molar-refractivity contribution is 5.01. The first-order valence-corrected chi connectivity index (χ1v) is 10.2. The highest BCUT2D eigenvalue weighted by Gasteiger charge is 2.45. The van der Waals surface area contributed by atoms with Gasteiger partial charge in [-0.2, -0.15) is 0 Å². The molecule has 23 heavy (non-hydrogen) atoms. The molecule has 4 aliphatic heterocycles. The molecule has 4 saturated heterocycles. The lowest BCUT2D eigenvalue weighted by Crippen LogP contribution is -2.63. The molecule has 1 N–H and O–H groups in total. The topological polar surface area (TPSA) is 27.7 Å². The van der Waals surface area contributed by atoms with Gasteiger partial charge in [0.15, 0.2) is 0 Å². The smallest absolute Gasteiger partial charge is 0.0594 e. The SMILES string of the molecule is C(CCN1CCOCC1)C[C@H]1NC[C@@H]2CCCN3CCC[C@H]1[C@H]23. The molecule has 4 atom stereocenters. The second kappa shape index (κ2) is 7.81. The van der Waals surface area contributed by atoms with Gasteiger partial charge in [0.1, 0.15) is 0 Å². The van der Waals surface area contributed by atoms with Crippen molar-refractivity contribution in [1.82, 2.24) is 15.1 Å². The number of rotatable bonds is 5. The third-order valence-electron chi connectivity index (χ3n) is 6.85. The average Bonchev–Trinajstić information content (AvgIpc) is 2.62. The third kappa shape index (κ3) is 3.76. The van der Waals surface area contributed by atoms with Crippen molar-refractivity contribution in [2.24, 2.45) is 11.8 Å². The Morgan fingerprint density at radius 2 is 1.78 bits per heavy atom. The van der Waals surface area contributed by atoms with Gasteiger partial charge < -0.3 is 10.1 Å². The molecule has 0 saturated carbocycles. The summed E-state index contributed by atoms with van der Waals surface area (Å²) in [7, 11) is 0. The van der Waals surface area contributed by atoms with Crippen LogP contribution in [-0.2, 0) is 4.74 Å². The fourth-order valence-electron chi connectivity index (χ4n) is 5.71. The van der Waals surface area contributed by atoms with Crippen molar-refractivity contribution < 1.29 is 4.74 Å². The zero-order chi connectivity index (χ0) is 15.5. The van der Waals surface area contributed by atoms with Crippen LogP contribution in [0.1, 0.15) is 44.9 Å². The van der Waals surface area contributed by atoms with E-state index in [-0.39, 0.29) is 0 Å². The van der Waals surface area contributed by atoms with Crippen LogP contribution in [0.2, 0.25) is 0 Å². The summed E-state index contributed by atoms with van der Waals surface area (Å²) in [5, 5.41) is 3.95. The molecule has 4 heteroatoms. The Morgan fingerprint density at radius 1 is 0.957 bits per heavy atom. The summed E-state index contributed by atoms with van der Waals surface area (Å²) in [4.78, 5) is 5.43. The molecule has 0 aromatic heterocycles. The molecule has 0 amide bonds. The Hall–Kier alpha value is -0.160. The van der Waals surface area contributed by atoms with E-state index in [0.717, 1.165) is 50.2 Å². The van der Waals surface area contributed by atoms with E-state index in [4.69, 9.17) is 4.74 Å². The fourth-order valence-corrected chi connectivity index (χ4v) is 5.71. The van der Waals surface area contributed by atoms with Gasteiger partial charge in [0.05, 0.1) is 13.2 Å². The summed E-state index contributed by atoms with van der Waals surface area (Å²) in [6, 6.07) is 1.71. The number of nitrogens with one attached hydrogen (secondary N) is 1. The van der Waals surface area contributed by atoms with Gasteiger partial charge in [-0.3, -0.25) is 9.80 Å². The molecule has 4 aliphatic rings. The number of hydrogen-bond acceptors (Lipinski definition) is 4. The molecular formula is C19H35N3O. The molecule has 4 rings (SSSR count). The summed E-state index contributed by atoms with van der Waals surface area (Å²) in [6.07, 6.45) is 9.95. The van der Waals surface area contributed by atoms with E-state index in [1.54, 1.807) is 0 Å². The molecule has 0 aromatic rings. The highest BCUT2D eigenvalue weighted by Crippen LogP contribution is 2.39. The predicted octanol–water partition coefficient (Wildman–Crippen LogP) is 1.95. The van der Waals surface area contributed by atoms with Crippen molar-refractivity contribution in [2.75, 3.05) is 52.5 Å². The van der Waals surface area contributed by atoms with E-state index >= 15 is 0 Å². The van der Waals surface area contributed by atoms with E-state index in [1.807, 2.05) is 0 Å². The molecule has 0 radical (unpaired) electrons. The maximum absolute atomic E-state index is 5.44. The van der Waals surface area contributed by atoms with E-state index in [1.165, 1.54) is 71.1 Å². The van der Waals surface area contributed by atoms with Crippen LogP contribution in [0.5, 0.6) is 0 Å². The van der Waals surface area contributed by atoms with Crippen molar-refractivity contribution in [3.63, 3.8) is 0 Å². The largest absolute Gasteiger partial charge is 0.379 e. The minimum absolute atomic E-state index is 0.793. The number of unbranched alkanes of at least 4 members (excludes halogenated alkanes) is 1. The maximum atomic E-state index is 5.44. The van der Waals surface area contributed by atoms with Gasteiger partial charge >= 0.3 is 0 Å². The Labute approximate surface area is 141 Å². The number of morpholine rings is 1. The van der Waals surface area contributed by atoms with E-state index in [0.29, 0.717) is 0 Å². The summed E-state index contributed by atoms with van der Waals surface area (Å²) >= 11 is 0. The standard InChI is InChI=1S/C19H35N3O/c1(2-8-21-11-13-23-14-12-21)7-18-17-6-4-10-22-9-3-5-16(15-20-18)19(17)22/h16-20H,1-15H2/t16-,17+,18+,19-/m0/s1. The molecule has 0 bridgehead atoms. The van der Waals surface area contributed by atoms with E-state index in [2.05, 4.69) is 15.1 Å². The van der Waals surface area contributed by atoms with Gasteiger partial charge in [-0.05, 0) is 76.5 Å².